The van der Waals surface area contributed by atoms with Crippen molar-refractivity contribution in [2.75, 3.05) is 7.11 Å². The molecule has 0 aromatic heterocycles. The van der Waals surface area contributed by atoms with E-state index in [0.29, 0.717) is 16.9 Å². The molecule has 0 saturated carbocycles. The van der Waals surface area contributed by atoms with Gasteiger partial charge in [0.05, 0.1) is 17.7 Å². The summed E-state index contributed by atoms with van der Waals surface area (Å²) in [7, 11) is 1.56. The van der Waals surface area contributed by atoms with E-state index in [9.17, 15) is 65.9 Å². The van der Waals surface area contributed by atoms with E-state index in [-0.39, 0.29) is 71.9 Å². The molecule has 8 aromatic carbocycles. The molecule has 0 heterocycles. The Kier molecular flexibility index (Phi) is 34.6. The molecule has 0 radical (unpaired) electrons. The average Bonchev–Trinajstić information content (AvgIpc) is 0.950. The third-order valence-electron chi connectivity index (χ3n) is 15.5. The van der Waals surface area contributed by atoms with Crippen LogP contribution >= 0.6 is 11.6 Å². The van der Waals surface area contributed by atoms with Crippen LogP contribution in [0.3, 0.4) is 0 Å². The summed E-state index contributed by atoms with van der Waals surface area (Å²) in [6.45, 7) is 48.9. The molecule has 0 aliphatic rings. The summed E-state index contributed by atoms with van der Waals surface area (Å²) in [6, 6.07) is 35.9. The van der Waals surface area contributed by atoms with Crippen LogP contribution in [0.15, 0.2) is 146 Å². The molecule has 0 bridgehead atoms. The summed E-state index contributed by atoms with van der Waals surface area (Å²) in [6.07, 6.45) is -4.63. The van der Waals surface area contributed by atoms with Gasteiger partial charge in [0, 0.05) is 6.07 Å². The molecule has 0 unspecified atom stereocenters. The molecule has 0 aliphatic heterocycles. The lowest BCUT2D eigenvalue weighted by Gasteiger charge is -2.21. The standard InChI is InChI=1S/C12H17F.C11H12F4.C11H14F2O.C11H15FO.C10H12ClF.C10H11F3.C10H12F2.C10H13F/c1-8-6-10(12(3,4)5)7-9(2)11(8)13;1-10(2,3)7-4-5-9(12)8(6-7)11(13,14)15;1-11(2,3)8-4-6-9(7-5-8)14-10(12)13;1-11(2,3)9-6-5-8(12)7-10(9)13-4;1-10(2,3)7-4-5-9(12)8(11)6-7;1-10(2,3)6-4-7(11)9(13)8(12)5-6;1-10(2,3)7-4-5-8(11)9(12)6-7;1-10(2,3)8-4-6-9(11)7-5-8/h6-7H,1-5H3;4-6H,1-3H3;4-7,10H,1-3H3;5-7H,1-4H3;4-6H,1-3H3;4-5H,1-3H3;4-6H,1-3H3;4-7H,1-3H3. The van der Waals surface area contributed by atoms with Gasteiger partial charge >= 0.3 is 12.8 Å². The molecule has 0 aliphatic carbocycles. The van der Waals surface area contributed by atoms with Gasteiger partial charge in [-0.25, -0.2) is 43.9 Å². The first-order valence-electron chi connectivity index (χ1n) is 33.3. The normalized spacial score (nSPS) is 11.9. The van der Waals surface area contributed by atoms with Gasteiger partial charge in [-0.3, -0.25) is 0 Å². The zero-order valence-corrected chi connectivity index (χ0v) is 65.6. The van der Waals surface area contributed by atoms with Gasteiger partial charge in [-0.1, -0.05) is 238 Å². The van der Waals surface area contributed by atoms with E-state index < -0.39 is 58.7 Å². The monoisotopic (exact) mass is 1480 g/mol. The summed E-state index contributed by atoms with van der Waals surface area (Å²) in [4.78, 5) is 0. The Morgan fingerprint density at radius 2 is 0.631 bits per heavy atom. The highest BCUT2D eigenvalue weighted by Crippen LogP contribution is 2.36. The van der Waals surface area contributed by atoms with E-state index in [1.165, 1.54) is 53.6 Å². The lowest BCUT2D eigenvalue weighted by atomic mass is 9.85. The second-order valence-electron chi connectivity index (χ2n) is 32.9. The Bertz CT molecular complexity index is 3760. The van der Waals surface area contributed by atoms with Gasteiger partial charge in [0.2, 0.25) is 0 Å². The first-order valence-corrected chi connectivity index (χ1v) is 33.7. The maximum absolute atomic E-state index is 13.3. The molecular formula is C85H106ClF15O2. The van der Waals surface area contributed by atoms with Gasteiger partial charge in [-0.2, -0.15) is 22.0 Å². The summed E-state index contributed by atoms with van der Waals surface area (Å²) in [5.41, 5.74) is 6.87. The maximum atomic E-state index is 13.3. The highest BCUT2D eigenvalue weighted by Gasteiger charge is 2.35. The Hall–Kier alpha value is -7.40. The topological polar surface area (TPSA) is 18.5 Å². The minimum Gasteiger partial charge on any atom is -0.496 e. The molecule has 0 spiro atoms. The summed E-state index contributed by atoms with van der Waals surface area (Å²) >= 11 is 5.64. The fraction of sp³-hybridized carbons (Fsp3) is 0.435. The number of benzene rings is 8. The number of rotatable bonds is 3. The van der Waals surface area contributed by atoms with E-state index in [1.54, 1.807) is 97.2 Å². The van der Waals surface area contributed by atoms with Crippen LogP contribution in [0.2, 0.25) is 5.02 Å². The van der Waals surface area contributed by atoms with E-state index in [4.69, 9.17) is 16.3 Å². The highest BCUT2D eigenvalue weighted by atomic mass is 35.5. The summed E-state index contributed by atoms with van der Waals surface area (Å²) in [5, 5.41) is 0.197. The Morgan fingerprint density at radius 3 is 0.981 bits per heavy atom. The van der Waals surface area contributed by atoms with Crippen molar-refractivity contribution in [1.29, 1.82) is 0 Å². The average molecular weight is 1480 g/mol. The van der Waals surface area contributed by atoms with Crippen molar-refractivity contribution in [3.05, 3.63) is 270 Å². The van der Waals surface area contributed by atoms with Crippen molar-refractivity contribution in [2.45, 2.75) is 236 Å². The molecule has 0 saturated heterocycles. The molecule has 570 valence electrons. The third kappa shape index (κ3) is 33.1. The smallest absolute Gasteiger partial charge is 0.419 e. The molecule has 2 nitrogen and oxygen atoms in total. The molecule has 18 heteroatoms. The SMILES string of the molecule is CC(C)(C)c1cc(F)c(F)c(F)c1.CC(C)(C)c1ccc(F)c(C(F)(F)F)c1.CC(C)(C)c1ccc(F)c(Cl)c1.CC(C)(C)c1ccc(F)c(F)c1.CC(C)(C)c1ccc(F)cc1.CC(C)(C)c1ccc(OC(F)F)cc1.COc1cc(F)ccc1C(C)(C)C.Cc1cc(C(C)(C)C)cc(C)c1F. The second kappa shape index (κ2) is 38.0. The van der Waals surface area contributed by atoms with Crippen LogP contribution in [0, 0.1) is 72.0 Å². The van der Waals surface area contributed by atoms with Crippen LogP contribution in [-0.4, -0.2) is 13.7 Å². The zero-order chi connectivity index (χ0) is 80.3. The third-order valence-corrected chi connectivity index (χ3v) is 15.8. The summed E-state index contributed by atoms with van der Waals surface area (Å²) in [5.74, 6) is -6.51. The number of ether oxygens (including phenoxy) is 2. The van der Waals surface area contributed by atoms with Crippen molar-refractivity contribution >= 4 is 11.6 Å². The van der Waals surface area contributed by atoms with Gasteiger partial charge in [0.25, 0.3) is 0 Å². The molecule has 8 aromatic rings. The van der Waals surface area contributed by atoms with Gasteiger partial charge < -0.3 is 9.47 Å². The molecule has 0 amide bonds. The first-order chi connectivity index (χ1) is 46.4. The number of halogens is 16. The number of aryl methyl sites for hydroxylation is 2. The highest BCUT2D eigenvalue weighted by molar-refractivity contribution is 6.30. The molecule has 8 rings (SSSR count). The largest absolute Gasteiger partial charge is 0.496 e. The van der Waals surface area contributed by atoms with Gasteiger partial charge in [0.15, 0.2) is 29.1 Å². The van der Waals surface area contributed by atoms with E-state index in [0.717, 1.165) is 63.7 Å². The van der Waals surface area contributed by atoms with Crippen LogP contribution in [-0.2, 0) is 49.5 Å². The van der Waals surface area contributed by atoms with Crippen LogP contribution < -0.4 is 9.47 Å². The first kappa shape index (κ1) is 93.6. The van der Waals surface area contributed by atoms with Crippen LogP contribution in [0.1, 0.15) is 227 Å². The Labute approximate surface area is 608 Å². The second-order valence-corrected chi connectivity index (χ2v) is 33.3. The Morgan fingerprint density at radius 1 is 0.301 bits per heavy atom. The van der Waals surface area contributed by atoms with Crippen LogP contribution in [0.5, 0.6) is 11.5 Å². The van der Waals surface area contributed by atoms with Crippen molar-refractivity contribution in [3.8, 4) is 11.5 Å². The fourth-order valence-electron chi connectivity index (χ4n) is 8.87. The molecule has 0 atom stereocenters. The van der Waals surface area contributed by atoms with E-state index in [1.807, 2.05) is 58.9 Å². The predicted octanol–water partition coefficient (Wildman–Crippen LogP) is 28.2. The molecular weight excluding hydrogens is 1370 g/mol. The number of hydrogen-bond donors (Lipinski definition) is 0. The molecule has 0 N–H and O–H groups in total. The van der Waals surface area contributed by atoms with Crippen molar-refractivity contribution < 1.29 is 75.3 Å². The number of hydrogen-bond acceptors (Lipinski definition) is 2. The van der Waals surface area contributed by atoms with Crippen molar-refractivity contribution in [2.24, 2.45) is 0 Å². The number of methoxy groups -OCH3 is 1. The van der Waals surface area contributed by atoms with Crippen LogP contribution in [0.4, 0.5) is 65.9 Å². The quantitative estimate of drug-likeness (QED) is 0.130. The summed E-state index contributed by atoms with van der Waals surface area (Å²) < 4.78 is 198. The fourth-order valence-corrected chi connectivity index (χ4v) is 9.05. The lowest BCUT2D eigenvalue weighted by Crippen LogP contribution is -2.15. The molecule has 103 heavy (non-hydrogen) atoms. The predicted molar refractivity (Wildman–Crippen MR) is 393 cm³/mol. The van der Waals surface area contributed by atoms with Crippen molar-refractivity contribution in [3.63, 3.8) is 0 Å². The minimum atomic E-state index is -4.63. The Balaban J connectivity index is 0.000000589. The van der Waals surface area contributed by atoms with Gasteiger partial charge in [-0.15, -0.1) is 0 Å². The maximum Gasteiger partial charge on any atom is 0.419 e. The molecule has 0 fully saturated rings. The lowest BCUT2D eigenvalue weighted by molar-refractivity contribution is -0.140. The zero-order valence-electron chi connectivity index (χ0n) is 64.8. The van der Waals surface area contributed by atoms with Gasteiger partial charge in [-0.05, 0) is 192 Å². The van der Waals surface area contributed by atoms with Gasteiger partial charge in [0.1, 0.15) is 40.6 Å². The van der Waals surface area contributed by atoms with Crippen LogP contribution in [0.25, 0.3) is 0 Å². The van der Waals surface area contributed by atoms with E-state index in [2.05, 4.69) is 109 Å². The number of alkyl halides is 5. The minimum absolute atomic E-state index is 0.0148. The van der Waals surface area contributed by atoms with Crippen molar-refractivity contribution in [1.82, 2.24) is 0 Å². The van der Waals surface area contributed by atoms with E-state index >= 15 is 0 Å².